The third-order valence-electron chi connectivity index (χ3n) is 11.9. The number of aromatic nitrogens is 1. The molecule has 4 aliphatic rings. The summed E-state index contributed by atoms with van der Waals surface area (Å²) < 4.78 is 6.50. The van der Waals surface area contributed by atoms with E-state index in [1.807, 2.05) is 102 Å². The Hall–Kier alpha value is -6.50. The van der Waals surface area contributed by atoms with E-state index in [2.05, 4.69) is 33.5 Å². The number of aromatic hydroxyl groups is 1. The highest BCUT2D eigenvalue weighted by atomic mass is 16.6. The highest BCUT2D eigenvalue weighted by molar-refractivity contribution is 6.12. The minimum Gasteiger partial charge on any atom is -0.508 e. The Balaban J connectivity index is 1.27. The maximum absolute atomic E-state index is 15.3. The van der Waals surface area contributed by atoms with Gasteiger partial charge in [-0.3, -0.25) is 24.3 Å². The van der Waals surface area contributed by atoms with E-state index in [4.69, 9.17) is 4.74 Å². The Morgan fingerprint density at radius 1 is 0.860 bits per heavy atom. The molecule has 3 aliphatic heterocycles. The van der Waals surface area contributed by atoms with Crippen LogP contribution in [0.3, 0.4) is 0 Å². The van der Waals surface area contributed by atoms with Gasteiger partial charge in [0.1, 0.15) is 23.3 Å². The Morgan fingerprint density at radius 3 is 2.33 bits per heavy atom. The summed E-state index contributed by atoms with van der Waals surface area (Å²) in [5.41, 5.74) is 4.41. The van der Waals surface area contributed by atoms with Gasteiger partial charge in [-0.1, -0.05) is 96.8 Å². The highest BCUT2D eigenvalue weighted by Crippen LogP contribution is 2.64. The Morgan fingerprint density at radius 2 is 1.61 bits per heavy atom. The topological polar surface area (TPSA) is 121 Å². The molecule has 2 amide bonds. The van der Waals surface area contributed by atoms with Gasteiger partial charge >= 0.3 is 5.97 Å². The first-order valence-corrected chi connectivity index (χ1v) is 19.6. The number of esters is 1. The number of fused-ring (bicyclic) bond motifs is 3. The molecule has 284 valence electrons. The van der Waals surface area contributed by atoms with E-state index in [0.717, 1.165) is 48.1 Å². The maximum atomic E-state index is 15.3. The number of nitrogens with one attached hydrogen (secondary N) is 2. The van der Waals surface area contributed by atoms with E-state index in [9.17, 15) is 9.90 Å². The lowest BCUT2D eigenvalue weighted by atomic mass is 9.65. The highest BCUT2D eigenvalue weighted by Gasteiger charge is 2.74. The molecule has 9 nitrogen and oxygen atoms in total. The number of morpholine rings is 1. The third-order valence-corrected chi connectivity index (χ3v) is 11.9. The predicted molar refractivity (Wildman–Crippen MR) is 216 cm³/mol. The number of phenolic OH excluding ortho intramolecular Hbond substituents is 1. The van der Waals surface area contributed by atoms with Crippen LogP contribution in [0.25, 0.3) is 0 Å². The third kappa shape index (κ3) is 6.46. The lowest BCUT2D eigenvalue weighted by molar-refractivity contribution is -0.178. The zero-order valence-corrected chi connectivity index (χ0v) is 31.3. The van der Waals surface area contributed by atoms with Crippen LogP contribution in [-0.4, -0.2) is 45.4 Å². The molecule has 1 aromatic heterocycles. The number of anilines is 1. The van der Waals surface area contributed by atoms with Crippen LogP contribution >= 0.6 is 0 Å². The van der Waals surface area contributed by atoms with Crippen molar-refractivity contribution in [1.29, 1.82) is 0 Å². The number of cyclic esters (lactones) is 1. The van der Waals surface area contributed by atoms with Crippen molar-refractivity contribution < 1.29 is 24.2 Å². The molecule has 3 N–H and O–H groups in total. The lowest BCUT2D eigenvalue weighted by Gasteiger charge is -2.46. The summed E-state index contributed by atoms with van der Waals surface area (Å²) in [5, 5.41) is 16.8. The first-order valence-electron chi connectivity index (χ1n) is 19.6. The molecule has 2 saturated heterocycles. The number of rotatable bonds is 7. The summed E-state index contributed by atoms with van der Waals surface area (Å²) in [6.07, 6.45) is 7.75. The quantitative estimate of drug-likeness (QED) is 0.118. The summed E-state index contributed by atoms with van der Waals surface area (Å²) in [4.78, 5) is 51.9. The Kier molecular flexibility index (Phi) is 9.65. The van der Waals surface area contributed by atoms with Crippen molar-refractivity contribution in [2.45, 2.75) is 61.7 Å². The largest absolute Gasteiger partial charge is 0.508 e. The molecule has 6 atom stereocenters. The summed E-state index contributed by atoms with van der Waals surface area (Å²) in [6.45, 7) is 0.234. The first kappa shape index (κ1) is 36.2. The van der Waals surface area contributed by atoms with Crippen LogP contribution in [0.1, 0.15) is 77.4 Å². The summed E-state index contributed by atoms with van der Waals surface area (Å²) in [7, 11) is 0. The van der Waals surface area contributed by atoms with E-state index in [0.29, 0.717) is 28.8 Å². The molecule has 5 aromatic rings. The van der Waals surface area contributed by atoms with Crippen LogP contribution in [0.15, 0.2) is 139 Å². The number of carbonyl (C=O) groups excluding carboxylic acids is 3. The van der Waals surface area contributed by atoms with Crippen molar-refractivity contribution in [3.05, 3.63) is 173 Å². The van der Waals surface area contributed by atoms with Gasteiger partial charge in [0.15, 0.2) is 0 Å². The van der Waals surface area contributed by atoms with Crippen molar-refractivity contribution >= 4 is 23.5 Å². The fraction of sp³-hybridized carbons (Fsp3) is 0.250. The van der Waals surface area contributed by atoms with Gasteiger partial charge in [-0.25, -0.2) is 0 Å². The lowest BCUT2D eigenvalue weighted by Crippen LogP contribution is -2.55. The SMILES string of the molecule is O=C1O[C@@H](c2ccccc2)[C@@H](c2ccccc2)N2[C@@H](c3ccc(O)cc3)[C@]3(C(=O)Nc4ccc(C#CC5=CCCCC5)cc43)[C@@H](C(=O)NCCc3ccccn3)[C@H]12. The molecule has 0 radical (unpaired) electrons. The molecule has 9 heteroatoms. The molecular weight excluding hydrogens is 713 g/mol. The number of hydrogen-bond acceptors (Lipinski definition) is 7. The van der Waals surface area contributed by atoms with Gasteiger partial charge in [0, 0.05) is 36.1 Å². The second kappa shape index (κ2) is 15.2. The number of amides is 2. The second-order valence-electron chi connectivity index (χ2n) is 15.2. The molecule has 0 unspecified atom stereocenters. The van der Waals surface area contributed by atoms with Crippen molar-refractivity contribution in [1.82, 2.24) is 15.2 Å². The van der Waals surface area contributed by atoms with Crippen LogP contribution in [0.2, 0.25) is 0 Å². The molecular formula is C48H42N4O5. The number of allylic oxidation sites excluding steroid dienone is 2. The number of hydrogen-bond donors (Lipinski definition) is 3. The van der Waals surface area contributed by atoms with Gasteiger partial charge in [-0.2, -0.15) is 0 Å². The van der Waals surface area contributed by atoms with Gasteiger partial charge in [0.05, 0.1) is 18.0 Å². The van der Waals surface area contributed by atoms with E-state index >= 15 is 9.59 Å². The van der Waals surface area contributed by atoms with Crippen LogP contribution in [0.5, 0.6) is 5.75 Å². The summed E-state index contributed by atoms with van der Waals surface area (Å²) in [5.74, 6) is 4.10. The summed E-state index contributed by atoms with van der Waals surface area (Å²) >= 11 is 0. The molecule has 57 heavy (non-hydrogen) atoms. The predicted octanol–water partition coefficient (Wildman–Crippen LogP) is 7.27. The van der Waals surface area contributed by atoms with Crippen molar-refractivity contribution in [2.24, 2.45) is 5.92 Å². The number of carbonyl (C=O) groups is 3. The van der Waals surface area contributed by atoms with Crippen molar-refractivity contribution in [2.75, 3.05) is 11.9 Å². The van der Waals surface area contributed by atoms with Crippen molar-refractivity contribution in [3.63, 3.8) is 0 Å². The van der Waals surface area contributed by atoms with E-state index < -0.39 is 53.3 Å². The Labute approximate surface area is 331 Å². The average Bonchev–Trinajstić information content (AvgIpc) is 3.73. The van der Waals surface area contributed by atoms with Gasteiger partial charge < -0.3 is 20.5 Å². The zero-order chi connectivity index (χ0) is 38.9. The number of pyridine rings is 1. The van der Waals surface area contributed by atoms with Gasteiger partial charge in [-0.15, -0.1) is 0 Å². The van der Waals surface area contributed by atoms with E-state index in [1.54, 1.807) is 30.5 Å². The molecule has 4 aromatic carbocycles. The molecule has 1 aliphatic carbocycles. The molecule has 0 bridgehead atoms. The monoisotopic (exact) mass is 754 g/mol. The first-order chi connectivity index (χ1) is 27.9. The number of phenols is 1. The summed E-state index contributed by atoms with van der Waals surface area (Å²) in [6, 6.07) is 34.7. The fourth-order valence-corrected chi connectivity index (χ4v) is 9.40. The molecule has 2 fully saturated rings. The van der Waals surface area contributed by atoms with Crippen LogP contribution < -0.4 is 10.6 Å². The minimum atomic E-state index is -1.63. The maximum Gasteiger partial charge on any atom is 0.324 e. The fourth-order valence-electron chi connectivity index (χ4n) is 9.40. The molecule has 0 saturated carbocycles. The normalized spacial score (nSPS) is 25.0. The molecule has 1 spiro atoms. The van der Waals surface area contributed by atoms with Crippen LogP contribution in [0, 0.1) is 17.8 Å². The minimum absolute atomic E-state index is 0.0526. The average molecular weight is 755 g/mol. The molecule has 9 rings (SSSR count). The number of ether oxygens (including phenoxy) is 1. The van der Waals surface area contributed by atoms with E-state index in [1.165, 1.54) is 0 Å². The van der Waals surface area contributed by atoms with Gasteiger partial charge in [0.2, 0.25) is 11.8 Å². The Bertz CT molecular complexity index is 2410. The number of benzene rings is 4. The van der Waals surface area contributed by atoms with Gasteiger partial charge in [0.25, 0.3) is 0 Å². The van der Waals surface area contributed by atoms with E-state index in [-0.39, 0.29) is 12.3 Å². The standard InChI is InChI=1S/C48H42N4O5/c53-37-24-22-35(23-25-37)44-48(38-30-32(21-26-39(38)51-47(48)56)20-19-31-12-4-1-5-13-31)40(45(54)50-29-27-36-18-10-11-28-49-36)42-46(55)57-43(34-16-8-3-9-17-34)41(52(42)44)33-14-6-2-7-15-33/h2-3,6-12,14-18,21-26,28,30,40-44,53H,1,4-5,13,27,29H2,(H,50,54)(H,51,56)/t40-,41-,42-,43+,44+,48-/m1/s1. The van der Waals surface area contributed by atoms with Gasteiger partial charge in [-0.05, 0) is 96.0 Å². The smallest absolute Gasteiger partial charge is 0.324 e. The van der Waals surface area contributed by atoms with Crippen LogP contribution in [-0.2, 0) is 31.0 Å². The second-order valence-corrected chi connectivity index (χ2v) is 15.2. The molecule has 4 heterocycles. The van der Waals surface area contributed by atoms with Crippen LogP contribution in [0.4, 0.5) is 5.69 Å². The zero-order valence-electron chi connectivity index (χ0n) is 31.3. The van der Waals surface area contributed by atoms with Crippen molar-refractivity contribution in [3.8, 4) is 17.6 Å². The number of nitrogens with zero attached hydrogens (tertiary/aromatic N) is 2.